The van der Waals surface area contributed by atoms with Gasteiger partial charge in [0.15, 0.2) is 0 Å². The van der Waals surface area contributed by atoms with Crippen LogP contribution in [-0.2, 0) is 14.3 Å². The molecule has 20 heavy (non-hydrogen) atoms. The molecule has 3 N–H and O–H groups in total. The summed E-state index contributed by atoms with van der Waals surface area (Å²) in [5.74, 6) is -0.302. The van der Waals surface area contributed by atoms with Crippen molar-refractivity contribution in [3.8, 4) is 0 Å². The van der Waals surface area contributed by atoms with Gasteiger partial charge in [-0.05, 0) is 13.8 Å². The second-order valence-corrected chi connectivity index (χ2v) is 4.98. The number of ether oxygens (including phenoxy) is 1. The number of carbonyl (C=O) groups excluding carboxylic acids is 2. The molecule has 1 heterocycles. The van der Waals surface area contributed by atoms with Crippen molar-refractivity contribution in [1.82, 2.24) is 20.9 Å². The Labute approximate surface area is 120 Å². The topological polar surface area (TPSA) is 82.7 Å². The summed E-state index contributed by atoms with van der Waals surface area (Å²) in [6.07, 6.45) is 0. The largest absolute Gasteiger partial charge is 0.383 e. The van der Waals surface area contributed by atoms with E-state index in [9.17, 15) is 9.59 Å². The first-order valence-electron chi connectivity index (χ1n) is 7.08. The van der Waals surface area contributed by atoms with Gasteiger partial charge >= 0.3 is 0 Å². The zero-order valence-corrected chi connectivity index (χ0v) is 12.6. The molecule has 0 aliphatic carbocycles. The Balaban J connectivity index is 2.33. The van der Waals surface area contributed by atoms with Crippen LogP contribution in [0.4, 0.5) is 0 Å². The minimum absolute atomic E-state index is 0.110. The van der Waals surface area contributed by atoms with Crippen molar-refractivity contribution < 1.29 is 14.3 Å². The van der Waals surface area contributed by atoms with E-state index in [1.54, 1.807) is 14.0 Å². The van der Waals surface area contributed by atoms with E-state index in [0.29, 0.717) is 13.2 Å². The first-order chi connectivity index (χ1) is 9.56. The zero-order valence-electron chi connectivity index (χ0n) is 12.6. The molecule has 1 fully saturated rings. The van der Waals surface area contributed by atoms with E-state index in [1.165, 1.54) is 0 Å². The van der Waals surface area contributed by atoms with Crippen molar-refractivity contribution in [3.63, 3.8) is 0 Å². The summed E-state index contributed by atoms with van der Waals surface area (Å²) in [5, 5.41) is 8.70. The number of rotatable bonds is 7. The van der Waals surface area contributed by atoms with Crippen LogP contribution in [0.2, 0.25) is 0 Å². The highest BCUT2D eigenvalue weighted by Gasteiger charge is 2.25. The SMILES string of the molecule is COCCNC(=O)C(C)NC(=O)C(C)N1CCNCC1. The molecular formula is C13H26N4O3. The van der Waals surface area contributed by atoms with Crippen LogP contribution in [0.15, 0.2) is 0 Å². The second-order valence-electron chi connectivity index (χ2n) is 4.98. The molecule has 0 radical (unpaired) electrons. The van der Waals surface area contributed by atoms with Gasteiger partial charge in [-0.1, -0.05) is 0 Å². The van der Waals surface area contributed by atoms with Gasteiger partial charge in [-0.3, -0.25) is 14.5 Å². The Morgan fingerprint density at radius 2 is 1.90 bits per heavy atom. The lowest BCUT2D eigenvalue weighted by Crippen LogP contribution is -2.55. The normalized spacial score (nSPS) is 19.1. The highest BCUT2D eigenvalue weighted by molar-refractivity contribution is 5.89. The Morgan fingerprint density at radius 3 is 2.50 bits per heavy atom. The number of hydrogen-bond acceptors (Lipinski definition) is 5. The van der Waals surface area contributed by atoms with E-state index in [2.05, 4.69) is 20.9 Å². The minimum Gasteiger partial charge on any atom is -0.383 e. The molecule has 1 rings (SSSR count). The summed E-state index contributed by atoms with van der Waals surface area (Å²) in [4.78, 5) is 26.0. The predicted octanol–water partition coefficient (Wildman–Crippen LogP) is -1.45. The van der Waals surface area contributed by atoms with E-state index >= 15 is 0 Å². The van der Waals surface area contributed by atoms with E-state index in [4.69, 9.17) is 4.74 Å². The molecule has 1 aliphatic rings. The minimum atomic E-state index is -0.537. The summed E-state index contributed by atoms with van der Waals surface area (Å²) in [7, 11) is 1.58. The molecular weight excluding hydrogens is 260 g/mol. The van der Waals surface area contributed by atoms with Gasteiger partial charge in [-0.2, -0.15) is 0 Å². The Bertz CT molecular complexity index is 319. The summed E-state index contributed by atoms with van der Waals surface area (Å²) in [6, 6.07) is -0.754. The molecule has 7 nitrogen and oxygen atoms in total. The van der Waals surface area contributed by atoms with Gasteiger partial charge in [0.05, 0.1) is 12.6 Å². The third kappa shape index (κ3) is 5.44. The van der Waals surface area contributed by atoms with Crippen LogP contribution in [-0.4, -0.2) is 75.2 Å². The number of methoxy groups -OCH3 is 1. The summed E-state index contributed by atoms with van der Waals surface area (Å²) < 4.78 is 4.86. The quantitative estimate of drug-likeness (QED) is 0.499. The average Bonchev–Trinajstić information content (AvgIpc) is 2.47. The van der Waals surface area contributed by atoms with Crippen molar-refractivity contribution in [3.05, 3.63) is 0 Å². The molecule has 116 valence electrons. The van der Waals surface area contributed by atoms with Crippen LogP contribution < -0.4 is 16.0 Å². The number of carbonyl (C=O) groups is 2. The first kappa shape index (κ1) is 16.9. The predicted molar refractivity (Wildman–Crippen MR) is 76.4 cm³/mol. The fourth-order valence-electron chi connectivity index (χ4n) is 2.06. The average molecular weight is 286 g/mol. The van der Waals surface area contributed by atoms with Gasteiger partial charge in [-0.15, -0.1) is 0 Å². The van der Waals surface area contributed by atoms with Crippen LogP contribution in [0, 0.1) is 0 Å². The first-order valence-corrected chi connectivity index (χ1v) is 7.08. The summed E-state index contributed by atoms with van der Waals surface area (Å²) >= 11 is 0. The number of piperazine rings is 1. The molecule has 0 aromatic heterocycles. The molecule has 0 aromatic carbocycles. The van der Waals surface area contributed by atoms with E-state index < -0.39 is 6.04 Å². The van der Waals surface area contributed by atoms with Crippen molar-refractivity contribution in [1.29, 1.82) is 0 Å². The lowest BCUT2D eigenvalue weighted by molar-refractivity contribution is -0.131. The molecule has 7 heteroatoms. The van der Waals surface area contributed by atoms with Crippen molar-refractivity contribution in [2.75, 3.05) is 46.4 Å². The third-order valence-electron chi connectivity index (χ3n) is 3.44. The smallest absolute Gasteiger partial charge is 0.242 e. The highest BCUT2D eigenvalue weighted by Crippen LogP contribution is 2.01. The van der Waals surface area contributed by atoms with Crippen molar-refractivity contribution in [2.45, 2.75) is 25.9 Å². The Kier molecular flexibility index (Phi) is 7.50. The van der Waals surface area contributed by atoms with Crippen molar-refractivity contribution in [2.24, 2.45) is 0 Å². The van der Waals surface area contributed by atoms with Crippen LogP contribution in [0.5, 0.6) is 0 Å². The van der Waals surface area contributed by atoms with Crippen molar-refractivity contribution >= 4 is 11.8 Å². The highest BCUT2D eigenvalue weighted by atomic mass is 16.5. The van der Waals surface area contributed by atoms with E-state index in [1.807, 2.05) is 6.92 Å². The van der Waals surface area contributed by atoms with Crippen LogP contribution in [0.3, 0.4) is 0 Å². The van der Waals surface area contributed by atoms with Gasteiger partial charge in [-0.25, -0.2) is 0 Å². The molecule has 0 bridgehead atoms. The molecule has 2 amide bonds. The summed E-state index contributed by atoms with van der Waals surface area (Å²) in [5.41, 5.74) is 0. The van der Waals surface area contributed by atoms with Gasteiger partial charge in [0.2, 0.25) is 11.8 Å². The maximum atomic E-state index is 12.1. The molecule has 2 unspecified atom stereocenters. The lowest BCUT2D eigenvalue weighted by atomic mass is 10.2. The van der Waals surface area contributed by atoms with Gasteiger partial charge < -0.3 is 20.7 Å². The fraction of sp³-hybridized carbons (Fsp3) is 0.846. The molecule has 1 aliphatic heterocycles. The maximum Gasteiger partial charge on any atom is 0.242 e. The fourth-order valence-corrected chi connectivity index (χ4v) is 2.06. The second kappa shape index (κ2) is 8.89. The standard InChI is InChI=1S/C13H26N4O3/c1-10(12(18)15-6-9-20-3)16-13(19)11(2)17-7-4-14-5-8-17/h10-11,14H,4-9H2,1-3H3,(H,15,18)(H,16,19). The monoisotopic (exact) mass is 286 g/mol. The zero-order chi connectivity index (χ0) is 15.0. The summed E-state index contributed by atoms with van der Waals surface area (Å²) in [6.45, 7) is 7.95. The number of nitrogens with zero attached hydrogens (tertiary/aromatic N) is 1. The molecule has 0 saturated carbocycles. The van der Waals surface area contributed by atoms with Crippen LogP contribution in [0.25, 0.3) is 0 Å². The van der Waals surface area contributed by atoms with Gasteiger partial charge in [0.1, 0.15) is 6.04 Å². The number of amides is 2. The number of nitrogens with one attached hydrogen (secondary N) is 3. The molecule has 0 aromatic rings. The van der Waals surface area contributed by atoms with Gasteiger partial charge in [0, 0.05) is 39.8 Å². The number of hydrogen-bond donors (Lipinski definition) is 3. The van der Waals surface area contributed by atoms with Gasteiger partial charge in [0.25, 0.3) is 0 Å². The molecule has 1 saturated heterocycles. The molecule has 2 atom stereocenters. The molecule has 0 spiro atoms. The van der Waals surface area contributed by atoms with E-state index in [-0.39, 0.29) is 17.9 Å². The Hall–Kier alpha value is -1.18. The maximum absolute atomic E-state index is 12.1. The Morgan fingerprint density at radius 1 is 1.25 bits per heavy atom. The van der Waals surface area contributed by atoms with Crippen LogP contribution in [0.1, 0.15) is 13.8 Å². The third-order valence-corrected chi connectivity index (χ3v) is 3.44. The lowest BCUT2D eigenvalue weighted by Gasteiger charge is -2.32. The van der Waals surface area contributed by atoms with Crippen LogP contribution >= 0.6 is 0 Å². The van der Waals surface area contributed by atoms with E-state index in [0.717, 1.165) is 26.2 Å².